The van der Waals surface area contributed by atoms with E-state index in [9.17, 15) is 0 Å². The third-order valence-corrected chi connectivity index (χ3v) is 1.67. The van der Waals surface area contributed by atoms with Crippen LogP contribution in [0.3, 0.4) is 0 Å². The van der Waals surface area contributed by atoms with Crippen LogP contribution in [0.15, 0.2) is 35.5 Å². The molecule has 0 aliphatic rings. The Morgan fingerprint density at radius 1 is 1.38 bits per heavy atom. The first-order chi connectivity index (χ1) is 6.24. The van der Waals surface area contributed by atoms with Gasteiger partial charge in [-0.15, -0.1) is 0 Å². The van der Waals surface area contributed by atoms with E-state index in [4.69, 9.17) is 5.26 Å². The van der Waals surface area contributed by atoms with Crippen LogP contribution in [0.4, 0.5) is 0 Å². The molecule has 0 atom stereocenters. The van der Waals surface area contributed by atoms with Gasteiger partial charge < -0.3 is 0 Å². The second-order valence-corrected chi connectivity index (χ2v) is 3.00. The summed E-state index contributed by atoms with van der Waals surface area (Å²) in [5.41, 5.74) is 2.03. The second kappa shape index (κ2) is 7.36. The fourth-order valence-corrected chi connectivity index (χ4v) is 1.02. The highest BCUT2D eigenvalue weighted by atomic mass is 14.2. The number of hydrogen-bond acceptors (Lipinski definition) is 1. The number of allylic oxidation sites excluding steroid dienone is 6. The molecule has 0 radical (unpaired) electrons. The number of rotatable bonds is 4. The highest BCUT2D eigenvalue weighted by Gasteiger charge is 1.87. The smallest absolute Gasteiger partial charge is 0.0991 e. The van der Waals surface area contributed by atoms with Crippen molar-refractivity contribution in [3.63, 3.8) is 0 Å². The van der Waals surface area contributed by atoms with E-state index in [1.807, 2.05) is 31.2 Å². The first kappa shape index (κ1) is 11.7. The molecule has 0 aliphatic heterocycles. The van der Waals surface area contributed by atoms with Gasteiger partial charge in [0.15, 0.2) is 0 Å². The van der Waals surface area contributed by atoms with Gasteiger partial charge in [0, 0.05) is 0 Å². The van der Waals surface area contributed by atoms with Crippen LogP contribution in [0.5, 0.6) is 0 Å². The van der Waals surface area contributed by atoms with E-state index in [0.717, 1.165) is 12.8 Å². The lowest BCUT2D eigenvalue weighted by molar-refractivity contribution is 0.905. The SMILES string of the molecule is C\C=C/C(C#N)=C\C=C(/C)CCC. The van der Waals surface area contributed by atoms with Gasteiger partial charge in [-0.2, -0.15) is 5.26 Å². The molecule has 0 N–H and O–H groups in total. The van der Waals surface area contributed by atoms with Gasteiger partial charge in [-0.25, -0.2) is 0 Å². The average Bonchev–Trinajstić information content (AvgIpc) is 2.12. The van der Waals surface area contributed by atoms with Gasteiger partial charge in [-0.3, -0.25) is 0 Å². The van der Waals surface area contributed by atoms with Gasteiger partial charge in [0.25, 0.3) is 0 Å². The minimum absolute atomic E-state index is 0.706. The average molecular weight is 175 g/mol. The quantitative estimate of drug-likeness (QED) is 0.471. The Morgan fingerprint density at radius 3 is 2.54 bits per heavy atom. The summed E-state index contributed by atoms with van der Waals surface area (Å²) in [6.45, 7) is 6.15. The summed E-state index contributed by atoms with van der Waals surface area (Å²) in [6, 6.07) is 2.13. The Kier molecular flexibility index (Phi) is 6.63. The van der Waals surface area contributed by atoms with Gasteiger partial charge in [-0.1, -0.05) is 31.1 Å². The van der Waals surface area contributed by atoms with Crippen LogP contribution in [0.25, 0.3) is 0 Å². The third kappa shape index (κ3) is 5.93. The lowest BCUT2D eigenvalue weighted by atomic mass is 10.1. The van der Waals surface area contributed by atoms with Crippen molar-refractivity contribution in [1.29, 1.82) is 5.26 Å². The van der Waals surface area contributed by atoms with E-state index in [1.54, 1.807) is 0 Å². The molecule has 0 heterocycles. The van der Waals surface area contributed by atoms with Crippen molar-refractivity contribution in [3.8, 4) is 6.07 Å². The summed E-state index contributed by atoms with van der Waals surface area (Å²) in [7, 11) is 0. The standard InChI is InChI=1S/C12H17N/c1-4-6-11(3)8-9-12(10-13)7-5-2/h5,7-9H,4,6H2,1-3H3/b7-5-,11-8+,12-9+. The van der Waals surface area contributed by atoms with E-state index < -0.39 is 0 Å². The molecule has 70 valence electrons. The zero-order chi connectivity index (χ0) is 10.1. The van der Waals surface area contributed by atoms with Crippen molar-refractivity contribution in [1.82, 2.24) is 0 Å². The van der Waals surface area contributed by atoms with Crippen molar-refractivity contribution in [3.05, 3.63) is 35.5 Å². The predicted octanol–water partition coefficient (Wildman–Crippen LogP) is 3.76. The Morgan fingerprint density at radius 2 is 2.08 bits per heavy atom. The summed E-state index contributed by atoms with van der Waals surface area (Å²) in [4.78, 5) is 0. The monoisotopic (exact) mass is 175 g/mol. The van der Waals surface area contributed by atoms with Crippen LogP contribution in [-0.2, 0) is 0 Å². The van der Waals surface area contributed by atoms with Gasteiger partial charge in [-0.05, 0) is 32.4 Å². The zero-order valence-corrected chi connectivity index (χ0v) is 8.67. The molecule has 0 aliphatic carbocycles. The largest absolute Gasteiger partial charge is 0.192 e. The molecule has 0 saturated carbocycles. The van der Waals surface area contributed by atoms with Crippen LogP contribution in [0, 0.1) is 11.3 Å². The minimum Gasteiger partial charge on any atom is -0.192 e. The maximum atomic E-state index is 8.70. The molecule has 13 heavy (non-hydrogen) atoms. The van der Waals surface area contributed by atoms with Gasteiger partial charge in [0.05, 0.1) is 11.6 Å². The fraction of sp³-hybridized carbons (Fsp3) is 0.417. The topological polar surface area (TPSA) is 23.8 Å². The Bertz CT molecular complexity index is 261. The molecule has 0 amide bonds. The summed E-state index contributed by atoms with van der Waals surface area (Å²) < 4.78 is 0. The molecule has 0 aromatic rings. The summed E-state index contributed by atoms with van der Waals surface area (Å²) >= 11 is 0. The molecular weight excluding hydrogens is 158 g/mol. The zero-order valence-electron chi connectivity index (χ0n) is 8.67. The van der Waals surface area contributed by atoms with E-state index in [1.165, 1.54) is 5.57 Å². The highest BCUT2D eigenvalue weighted by Crippen LogP contribution is 2.04. The van der Waals surface area contributed by atoms with Crippen molar-refractivity contribution < 1.29 is 0 Å². The maximum absolute atomic E-state index is 8.70. The summed E-state index contributed by atoms with van der Waals surface area (Å²) in [6.07, 6.45) is 9.83. The molecule has 1 nitrogen and oxygen atoms in total. The Balaban J connectivity index is 4.37. The summed E-state index contributed by atoms with van der Waals surface area (Å²) in [5, 5.41) is 8.70. The van der Waals surface area contributed by atoms with Crippen molar-refractivity contribution in [2.45, 2.75) is 33.6 Å². The molecule has 0 saturated heterocycles. The molecule has 0 bridgehead atoms. The molecule has 0 aromatic heterocycles. The number of nitriles is 1. The highest BCUT2D eigenvalue weighted by molar-refractivity contribution is 5.36. The molecule has 0 fully saturated rings. The summed E-state index contributed by atoms with van der Waals surface area (Å²) in [5.74, 6) is 0. The first-order valence-corrected chi connectivity index (χ1v) is 4.64. The number of nitrogens with zero attached hydrogens (tertiary/aromatic N) is 1. The van der Waals surface area contributed by atoms with Crippen LogP contribution >= 0.6 is 0 Å². The molecule has 0 unspecified atom stereocenters. The van der Waals surface area contributed by atoms with Gasteiger partial charge in [0.1, 0.15) is 0 Å². The van der Waals surface area contributed by atoms with E-state index in [0.29, 0.717) is 5.57 Å². The first-order valence-electron chi connectivity index (χ1n) is 4.64. The second-order valence-electron chi connectivity index (χ2n) is 3.00. The van der Waals surface area contributed by atoms with E-state index in [2.05, 4.69) is 19.9 Å². The minimum atomic E-state index is 0.706. The van der Waals surface area contributed by atoms with Gasteiger partial charge in [0.2, 0.25) is 0 Å². The van der Waals surface area contributed by atoms with Crippen molar-refractivity contribution >= 4 is 0 Å². The molecular formula is C12H17N. The van der Waals surface area contributed by atoms with Crippen molar-refractivity contribution in [2.75, 3.05) is 0 Å². The molecule has 0 rings (SSSR count). The Hall–Kier alpha value is -1.29. The third-order valence-electron chi connectivity index (χ3n) is 1.67. The van der Waals surface area contributed by atoms with Gasteiger partial charge >= 0.3 is 0 Å². The molecule has 0 aromatic carbocycles. The van der Waals surface area contributed by atoms with Crippen molar-refractivity contribution in [2.24, 2.45) is 0 Å². The van der Waals surface area contributed by atoms with Crippen LogP contribution in [-0.4, -0.2) is 0 Å². The fourth-order valence-electron chi connectivity index (χ4n) is 1.02. The Labute approximate surface area is 81.1 Å². The van der Waals surface area contributed by atoms with E-state index >= 15 is 0 Å². The van der Waals surface area contributed by atoms with Crippen LogP contribution < -0.4 is 0 Å². The predicted molar refractivity (Wildman–Crippen MR) is 57.2 cm³/mol. The van der Waals surface area contributed by atoms with E-state index in [-0.39, 0.29) is 0 Å². The van der Waals surface area contributed by atoms with Crippen LogP contribution in [0.1, 0.15) is 33.6 Å². The van der Waals surface area contributed by atoms with Crippen LogP contribution in [0.2, 0.25) is 0 Å². The normalized spacial score (nSPS) is 13.4. The lowest BCUT2D eigenvalue weighted by Gasteiger charge is -1.93. The molecule has 1 heteroatoms. The molecule has 0 spiro atoms. The lowest BCUT2D eigenvalue weighted by Crippen LogP contribution is -1.75. The number of hydrogen-bond donors (Lipinski definition) is 0. The maximum Gasteiger partial charge on any atom is 0.0991 e.